The molecule has 1 aliphatic heterocycles. The van der Waals surface area contributed by atoms with Crippen LogP contribution in [0, 0.1) is 13.8 Å². The van der Waals surface area contributed by atoms with E-state index < -0.39 is 6.10 Å². The highest BCUT2D eigenvalue weighted by molar-refractivity contribution is 5.29. The number of aliphatic hydroxyl groups is 1. The Balaban J connectivity index is 1.50. The van der Waals surface area contributed by atoms with E-state index in [9.17, 15) is 5.11 Å². The van der Waals surface area contributed by atoms with E-state index in [4.69, 9.17) is 4.74 Å². The number of aromatic nitrogens is 2. The second-order valence-electron chi connectivity index (χ2n) is 6.17. The molecule has 5 nitrogen and oxygen atoms in total. The highest BCUT2D eigenvalue weighted by Crippen LogP contribution is 2.18. The summed E-state index contributed by atoms with van der Waals surface area (Å²) >= 11 is 0. The van der Waals surface area contributed by atoms with Crippen LogP contribution < -0.4 is 4.74 Å². The molecule has 0 saturated carbocycles. The Hall–Kier alpha value is -1.98. The van der Waals surface area contributed by atoms with Gasteiger partial charge in [-0.2, -0.15) is 5.10 Å². The number of nitrogens with zero attached hydrogens (tertiary/aromatic N) is 3. The van der Waals surface area contributed by atoms with Gasteiger partial charge in [0.2, 0.25) is 5.88 Å². The molecule has 0 bridgehead atoms. The molecule has 122 valence electrons. The third-order valence-corrected chi connectivity index (χ3v) is 4.31. The monoisotopic (exact) mass is 313 g/mol. The summed E-state index contributed by atoms with van der Waals surface area (Å²) in [5.74, 6) is 0.469. The van der Waals surface area contributed by atoms with Crippen LogP contribution in [-0.4, -0.2) is 46.0 Å². The van der Waals surface area contributed by atoms with Crippen molar-refractivity contribution in [2.24, 2.45) is 0 Å². The molecule has 2 heterocycles. The number of ether oxygens (including phenoxy) is 1. The molecule has 0 aliphatic carbocycles. The van der Waals surface area contributed by atoms with Gasteiger partial charge in [-0.25, -0.2) is 0 Å². The zero-order chi connectivity index (χ0) is 16.2. The zero-order valence-corrected chi connectivity index (χ0v) is 13.7. The fourth-order valence-corrected chi connectivity index (χ4v) is 2.83. The van der Waals surface area contributed by atoms with E-state index in [0.717, 1.165) is 30.8 Å². The van der Waals surface area contributed by atoms with E-state index >= 15 is 0 Å². The minimum Gasteiger partial charge on any atom is -0.474 e. The van der Waals surface area contributed by atoms with Gasteiger partial charge in [-0.05, 0) is 37.0 Å². The summed E-state index contributed by atoms with van der Waals surface area (Å²) in [4.78, 5) is 2.27. The van der Waals surface area contributed by atoms with Crippen molar-refractivity contribution in [3.05, 3.63) is 52.7 Å². The minimum atomic E-state index is -0.538. The Morgan fingerprint density at radius 2 is 2.00 bits per heavy atom. The number of aliphatic hydroxyl groups excluding tert-OH is 1. The Morgan fingerprint density at radius 1 is 1.22 bits per heavy atom. The number of fused-ring (bicyclic) bond motifs is 1. The Morgan fingerprint density at radius 3 is 2.78 bits per heavy atom. The Bertz CT molecular complexity index is 675. The van der Waals surface area contributed by atoms with Crippen LogP contribution in [0.1, 0.15) is 22.4 Å². The van der Waals surface area contributed by atoms with Gasteiger partial charge < -0.3 is 9.84 Å². The first-order valence-electron chi connectivity index (χ1n) is 8.03. The molecule has 1 aromatic carbocycles. The van der Waals surface area contributed by atoms with Crippen molar-refractivity contribution >= 4 is 0 Å². The number of rotatable bonds is 5. The van der Waals surface area contributed by atoms with Crippen LogP contribution in [-0.2, 0) is 13.0 Å². The Labute approximate surface area is 136 Å². The van der Waals surface area contributed by atoms with Gasteiger partial charge in [0.05, 0.1) is 5.69 Å². The average molecular weight is 313 g/mol. The molecule has 0 saturated heterocycles. The highest BCUT2D eigenvalue weighted by Gasteiger charge is 2.18. The van der Waals surface area contributed by atoms with Gasteiger partial charge in [0.1, 0.15) is 12.7 Å². The fourth-order valence-electron chi connectivity index (χ4n) is 2.83. The number of β-amino-alcohol motifs (C(OH)–C–C–N with tert-alkyl or cyclic N) is 1. The molecule has 1 atom stereocenters. The van der Waals surface area contributed by atoms with Gasteiger partial charge >= 0.3 is 0 Å². The third-order valence-electron chi connectivity index (χ3n) is 4.31. The molecule has 0 fully saturated rings. The van der Waals surface area contributed by atoms with Crippen molar-refractivity contribution < 1.29 is 9.84 Å². The van der Waals surface area contributed by atoms with Gasteiger partial charge in [-0.3, -0.25) is 4.90 Å². The fraction of sp³-hybridized carbons (Fsp3) is 0.444. The van der Waals surface area contributed by atoms with Crippen molar-refractivity contribution in [1.82, 2.24) is 15.1 Å². The molecule has 3 rings (SSSR count). The summed E-state index contributed by atoms with van der Waals surface area (Å²) in [5, 5.41) is 18.2. The molecule has 5 heteroatoms. The molecule has 0 spiro atoms. The first-order chi connectivity index (χ1) is 11.1. The molecule has 0 radical (unpaired) electrons. The van der Waals surface area contributed by atoms with Crippen molar-refractivity contribution in [3.63, 3.8) is 0 Å². The van der Waals surface area contributed by atoms with Crippen molar-refractivity contribution in [2.75, 3.05) is 19.7 Å². The van der Waals surface area contributed by atoms with E-state index in [1.807, 2.05) is 19.9 Å². The number of aryl methyl sites for hydroxylation is 2. The van der Waals surface area contributed by atoms with E-state index in [1.54, 1.807) is 0 Å². The smallest absolute Gasteiger partial charge is 0.233 e. The lowest BCUT2D eigenvalue weighted by Gasteiger charge is -2.30. The number of hydrogen-bond donors (Lipinski definition) is 1. The van der Waals surface area contributed by atoms with E-state index in [2.05, 4.69) is 39.4 Å². The summed E-state index contributed by atoms with van der Waals surface area (Å²) in [5.41, 5.74) is 4.70. The quantitative estimate of drug-likeness (QED) is 0.913. The van der Waals surface area contributed by atoms with Crippen LogP contribution in [0.2, 0.25) is 0 Å². The van der Waals surface area contributed by atoms with Crippen molar-refractivity contribution in [1.29, 1.82) is 0 Å². The SMILES string of the molecule is Cc1cc(OCC(O)CN2CCc3ccccc3C2)nnc1C. The molecule has 1 aromatic heterocycles. The summed E-state index contributed by atoms with van der Waals surface area (Å²) in [6, 6.07) is 10.4. The van der Waals surface area contributed by atoms with E-state index in [1.165, 1.54) is 11.1 Å². The second-order valence-corrected chi connectivity index (χ2v) is 6.17. The summed E-state index contributed by atoms with van der Waals surface area (Å²) in [6.45, 7) is 6.57. The topological polar surface area (TPSA) is 58.5 Å². The maximum Gasteiger partial charge on any atom is 0.233 e. The molecule has 0 amide bonds. The Kier molecular flexibility index (Phi) is 4.88. The number of hydrogen-bond acceptors (Lipinski definition) is 5. The van der Waals surface area contributed by atoms with Gasteiger partial charge in [-0.1, -0.05) is 24.3 Å². The summed E-state index contributed by atoms with van der Waals surface area (Å²) in [7, 11) is 0. The van der Waals surface area contributed by atoms with Crippen LogP contribution in [0.25, 0.3) is 0 Å². The maximum atomic E-state index is 10.2. The van der Waals surface area contributed by atoms with Gasteiger partial charge in [0.15, 0.2) is 0 Å². The van der Waals surface area contributed by atoms with Crippen molar-refractivity contribution in [2.45, 2.75) is 32.9 Å². The predicted molar refractivity (Wildman–Crippen MR) is 88.4 cm³/mol. The highest BCUT2D eigenvalue weighted by atomic mass is 16.5. The average Bonchev–Trinajstić information content (AvgIpc) is 2.56. The summed E-state index contributed by atoms with van der Waals surface area (Å²) in [6.07, 6.45) is 0.496. The first-order valence-corrected chi connectivity index (χ1v) is 8.03. The molecule has 1 N–H and O–H groups in total. The molecule has 23 heavy (non-hydrogen) atoms. The maximum absolute atomic E-state index is 10.2. The third kappa shape index (κ3) is 4.06. The molecular weight excluding hydrogens is 290 g/mol. The van der Waals surface area contributed by atoms with Gasteiger partial charge in [0, 0.05) is 25.7 Å². The first kappa shape index (κ1) is 15.9. The molecule has 1 unspecified atom stereocenters. The van der Waals surface area contributed by atoms with Crippen LogP contribution in [0.3, 0.4) is 0 Å². The van der Waals surface area contributed by atoms with Gasteiger partial charge in [0.25, 0.3) is 0 Å². The zero-order valence-electron chi connectivity index (χ0n) is 13.7. The minimum absolute atomic E-state index is 0.231. The lowest BCUT2D eigenvalue weighted by molar-refractivity contribution is 0.0618. The van der Waals surface area contributed by atoms with Crippen LogP contribution in [0.4, 0.5) is 0 Å². The number of benzene rings is 1. The lowest BCUT2D eigenvalue weighted by atomic mass is 10.00. The molecular formula is C18H23N3O2. The van der Waals surface area contributed by atoms with Crippen LogP contribution in [0.5, 0.6) is 5.88 Å². The van der Waals surface area contributed by atoms with E-state index in [0.29, 0.717) is 12.4 Å². The largest absolute Gasteiger partial charge is 0.474 e. The van der Waals surface area contributed by atoms with Crippen molar-refractivity contribution in [3.8, 4) is 5.88 Å². The molecule has 1 aliphatic rings. The van der Waals surface area contributed by atoms with Gasteiger partial charge in [-0.15, -0.1) is 5.10 Å². The second kappa shape index (κ2) is 7.06. The standard InChI is InChI=1S/C18H23N3O2/c1-13-9-18(20-19-14(13)2)23-12-17(22)11-21-8-7-15-5-3-4-6-16(15)10-21/h3-6,9,17,22H,7-8,10-12H2,1-2H3. The van der Waals surface area contributed by atoms with Crippen LogP contribution in [0.15, 0.2) is 30.3 Å². The predicted octanol–water partition coefficient (Wildman–Crippen LogP) is 1.89. The molecule has 2 aromatic rings. The normalized spacial score (nSPS) is 16.0. The summed E-state index contributed by atoms with van der Waals surface area (Å²) < 4.78 is 5.56. The van der Waals surface area contributed by atoms with Crippen LogP contribution >= 0.6 is 0 Å². The van der Waals surface area contributed by atoms with E-state index in [-0.39, 0.29) is 6.61 Å². The lowest BCUT2D eigenvalue weighted by Crippen LogP contribution is -2.38.